The van der Waals surface area contributed by atoms with E-state index < -0.39 is 20.0 Å². The predicted molar refractivity (Wildman–Crippen MR) is 198 cm³/mol. The van der Waals surface area contributed by atoms with Crippen LogP contribution < -0.4 is 11.1 Å². The molecule has 1 amide bonds. The number of phosphoric acid groups is 1. The van der Waals surface area contributed by atoms with Crippen molar-refractivity contribution in [1.82, 2.24) is 5.32 Å². The molecule has 0 aromatic rings. The van der Waals surface area contributed by atoms with Crippen LogP contribution in [0, 0.1) is 0 Å². The maximum Gasteiger partial charge on any atom is 0.472 e. The number of hydrogen-bond donors (Lipinski definition) is 4. The average Bonchev–Trinajstić information content (AvgIpc) is 3.05. The number of amides is 1. The zero-order valence-electron chi connectivity index (χ0n) is 30.0. The molecule has 0 aliphatic heterocycles. The van der Waals surface area contributed by atoms with Crippen LogP contribution in [0.5, 0.6) is 0 Å². The van der Waals surface area contributed by atoms with E-state index >= 15 is 0 Å². The van der Waals surface area contributed by atoms with E-state index in [9.17, 15) is 19.4 Å². The fourth-order valence-corrected chi connectivity index (χ4v) is 5.84. The maximum absolute atomic E-state index is 12.7. The van der Waals surface area contributed by atoms with E-state index in [4.69, 9.17) is 14.8 Å². The molecule has 0 rings (SSSR count). The van der Waals surface area contributed by atoms with Crippen molar-refractivity contribution in [2.75, 3.05) is 19.8 Å². The second-order valence-corrected chi connectivity index (χ2v) is 13.9. The number of carbonyl (C=O) groups excluding carboxylic acids is 1. The predicted octanol–water partition coefficient (Wildman–Crippen LogP) is 9.77. The van der Waals surface area contributed by atoms with Gasteiger partial charge in [-0.05, 0) is 51.4 Å². The lowest BCUT2D eigenvalue weighted by Gasteiger charge is -2.23. The zero-order chi connectivity index (χ0) is 34.7. The lowest BCUT2D eigenvalue weighted by atomic mass is 10.0. The first-order valence-electron chi connectivity index (χ1n) is 18.8. The van der Waals surface area contributed by atoms with Gasteiger partial charge in [0.15, 0.2) is 0 Å². The number of aliphatic hydroxyl groups is 1. The van der Waals surface area contributed by atoms with Gasteiger partial charge in [0.2, 0.25) is 5.91 Å². The van der Waals surface area contributed by atoms with Crippen molar-refractivity contribution < 1.29 is 28.4 Å². The second kappa shape index (κ2) is 34.3. The number of unbranched alkanes of at least 4 members (excludes halogenated alkanes) is 16. The molecule has 0 saturated carbocycles. The fourth-order valence-electron chi connectivity index (χ4n) is 5.09. The maximum atomic E-state index is 12.7. The number of hydrogen-bond acceptors (Lipinski definition) is 6. The first-order valence-corrected chi connectivity index (χ1v) is 20.3. The van der Waals surface area contributed by atoms with E-state index in [0.29, 0.717) is 6.42 Å². The Bertz CT molecular complexity index is 876. The molecule has 3 atom stereocenters. The molecule has 0 bridgehead atoms. The molecule has 9 heteroatoms. The van der Waals surface area contributed by atoms with Crippen molar-refractivity contribution in [3.63, 3.8) is 0 Å². The number of aliphatic hydroxyl groups excluding tert-OH is 1. The van der Waals surface area contributed by atoms with Crippen molar-refractivity contribution in [3.05, 3.63) is 48.6 Å². The van der Waals surface area contributed by atoms with E-state index in [1.165, 1.54) is 57.8 Å². The van der Waals surface area contributed by atoms with Gasteiger partial charge < -0.3 is 21.1 Å². The minimum atomic E-state index is -4.34. The summed E-state index contributed by atoms with van der Waals surface area (Å²) in [7, 11) is -4.34. The lowest BCUT2D eigenvalue weighted by molar-refractivity contribution is -0.123. The smallest absolute Gasteiger partial charge is 0.387 e. The van der Waals surface area contributed by atoms with Gasteiger partial charge in [0, 0.05) is 13.0 Å². The highest BCUT2D eigenvalue weighted by Gasteiger charge is 2.26. The topological polar surface area (TPSA) is 131 Å². The van der Waals surface area contributed by atoms with Crippen LogP contribution in [0.25, 0.3) is 0 Å². The molecule has 274 valence electrons. The van der Waals surface area contributed by atoms with Gasteiger partial charge in [0.1, 0.15) is 0 Å². The second-order valence-electron chi connectivity index (χ2n) is 12.4. The molecule has 0 spiro atoms. The summed E-state index contributed by atoms with van der Waals surface area (Å²) in [5.41, 5.74) is 5.35. The molecule has 47 heavy (non-hydrogen) atoms. The first-order chi connectivity index (χ1) is 22.9. The Kier molecular flexibility index (Phi) is 33.2. The SMILES string of the molecule is CC/C=C\C/C=C\C/C=C\CCCCCCCC(=O)NC(COP(=O)(O)OCCN)C(O)/C=C/CCCCCCCCCCCCC. The van der Waals surface area contributed by atoms with Crippen LogP contribution in [0.1, 0.15) is 155 Å². The zero-order valence-corrected chi connectivity index (χ0v) is 30.9. The van der Waals surface area contributed by atoms with Gasteiger partial charge in [0.25, 0.3) is 0 Å². The molecule has 0 aliphatic carbocycles. The molecule has 0 fully saturated rings. The third kappa shape index (κ3) is 32.8. The quantitative estimate of drug-likeness (QED) is 0.0302. The van der Waals surface area contributed by atoms with Crippen LogP contribution in [0.2, 0.25) is 0 Å². The van der Waals surface area contributed by atoms with Crippen LogP contribution in [-0.2, 0) is 18.4 Å². The van der Waals surface area contributed by atoms with Gasteiger partial charge in [-0.25, -0.2) is 4.57 Å². The number of rotatable bonds is 34. The largest absolute Gasteiger partial charge is 0.472 e. The van der Waals surface area contributed by atoms with Gasteiger partial charge in [-0.15, -0.1) is 0 Å². The van der Waals surface area contributed by atoms with Crippen molar-refractivity contribution in [1.29, 1.82) is 0 Å². The normalized spacial score (nSPS) is 14.9. The summed E-state index contributed by atoms with van der Waals surface area (Å²) >= 11 is 0. The van der Waals surface area contributed by atoms with Crippen LogP contribution >= 0.6 is 7.82 Å². The molecule has 0 radical (unpaired) electrons. The Balaban J connectivity index is 4.37. The molecule has 0 aliphatic rings. The van der Waals surface area contributed by atoms with Gasteiger partial charge in [-0.1, -0.05) is 146 Å². The summed E-state index contributed by atoms with van der Waals surface area (Å²) in [6.45, 7) is 3.98. The summed E-state index contributed by atoms with van der Waals surface area (Å²) in [4.78, 5) is 22.6. The molecule has 8 nitrogen and oxygen atoms in total. The Morgan fingerprint density at radius 1 is 0.723 bits per heavy atom. The van der Waals surface area contributed by atoms with Gasteiger partial charge in [-0.2, -0.15) is 0 Å². The Hall–Kier alpha value is -1.54. The number of nitrogens with one attached hydrogen (secondary N) is 1. The van der Waals surface area contributed by atoms with Crippen LogP contribution in [0.4, 0.5) is 0 Å². The van der Waals surface area contributed by atoms with Crippen molar-refractivity contribution in [3.8, 4) is 0 Å². The van der Waals surface area contributed by atoms with Crippen molar-refractivity contribution >= 4 is 13.7 Å². The molecule has 0 saturated heterocycles. The number of nitrogens with two attached hydrogens (primary N) is 1. The van der Waals surface area contributed by atoms with Crippen molar-refractivity contribution in [2.24, 2.45) is 5.73 Å². The summed E-state index contributed by atoms with van der Waals surface area (Å²) in [5, 5.41) is 13.6. The van der Waals surface area contributed by atoms with Gasteiger partial charge in [0.05, 0.1) is 25.4 Å². The van der Waals surface area contributed by atoms with Crippen LogP contribution in [0.15, 0.2) is 48.6 Å². The highest BCUT2D eigenvalue weighted by Crippen LogP contribution is 2.43. The van der Waals surface area contributed by atoms with Crippen LogP contribution in [0.3, 0.4) is 0 Å². The average molecular weight is 683 g/mol. The van der Waals surface area contributed by atoms with Crippen molar-refractivity contribution in [2.45, 2.75) is 167 Å². The highest BCUT2D eigenvalue weighted by molar-refractivity contribution is 7.47. The molecule has 5 N–H and O–H groups in total. The minimum Gasteiger partial charge on any atom is -0.387 e. The third-order valence-electron chi connectivity index (χ3n) is 7.91. The minimum absolute atomic E-state index is 0.0736. The first kappa shape index (κ1) is 45.5. The standard InChI is InChI=1S/C38H71N2O6P/c1-3-5-7-9-11-13-15-17-18-20-22-24-26-28-30-32-38(42)40-36(35-46-47(43,44)45-34-33-39)37(41)31-29-27-25-23-21-19-16-14-12-10-8-6-4-2/h5,7,11,13,17-18,29,31,36-37,41H,3-4,6,8-10,12,14-16,19-28,30,32-35,39H2,1-2H3,(H,40,42)(H,43,44)/b7-5-,13-11-,18-17-,31-29+. The number of allylic oxidation sites excluding steroid dienone is 7. The van der Waals surface area contributed by atoms with E-state index in [2.05, 4.69) is 55.6 Å². The third-order valence-corrected chi connectivity index (χ3v) is 8.89. The van der Waals surface area contributed by atoms with E-state index in [0.717, 1.165) is 77.0 Å². The molecule has 0 heterocycles. The highest BCUT2D eigenvalue weighted by atomic mass is 31.2. The van der Waals surface area contributed by atoms with Gasteiger partial charge in [-0.3, -0.25) is 13.8 Å². The van der Waals surface area contributed by atoms with E-state index in [-0.39, 0.29) is 25.7 Å². The molecule has 3 unspecified atom stereocenters. The molecular formula is C38H71N2O6P. The number of carbonyl (C=O) groups is 1. The summed E-state index contributed by atoms with van der Waals surface area (Å²) in [5.74, 6) is -0.215. The molecule has 0 aromatic carbocycles. The Morgan fingerprint density at radius 3 is 1.81 bits per heavy atom. The fraction of sp³-hybridized carbons (Fsp3) is 0.763. The van der Waals surface area contributed by atoms with E-state index in [1.54, 1.807) is 6.08 Å². The Morgan fingerprint density at radius 2 is 1.23 bits per heavy atom. The Labute approximate surface area is 288 Å². The number of phosphoric ester groups is 1. The molecule has 0 aromatic heterocycles. The summed E-state index contributed by atoms with van der Waals surface area (Å²) < 4.78 is 22.0. The summed E-state index contributed by atoms with van der Waals surface area (Å²) in [6, 6.07) is -0.868. The molecular weight excluding hydrogens is 611 g/mol. The lowest BCUT2D eigenvalue weighted by Crippen LogP contribution is -2.45. The summed E-state index contributed by atoms with van der Waals surface area (Å²) in [6.07, 6.45) is 40.1. The monoisotopic (exact) mass is 683 g/mol. The van der Waals surface area contributed by atoms with Gasteiger partial charge >= 0.3 is 7.82 Å². The van der Waals surface area contributed by atoms with E-state index in [1.807, 2.05) is 6.08 Å². The van der Waals surface area contributed by atoms with Crippen LogP contribution in [-0.4, -0.2) is 47.8 Å².